The first-order chi connectivity index (χ1) is 7.26. The van der Waals surface area contributed by atoms with Crippen LogP contribution in [0.2, 0.25) is 0 Å². The van der Waals surface area contributed by atoms with Gasteiger partial charge in [-0.1, -0.05) is 20.3 Å². The number of hydrogen-bond acceptors (Lipinski definition) is 2. The minimum atomic E-state index is 0.325. The van der Waals surface area contributed by atoms with E-state index in [2.05, 4.69) is 25.9 Å². The highest BCUT2D eigenvalue weighted by atomic mass is 16.5. The van der Waals surface area contributed by atoms with Crippen molar-refractivity contribution in [1.29, 1.82) is 0 Å². The quantitative estimate of drug-likeness (QED) is 0.691. The molecule has 1 rings (SSSR count). The van der Waals surface area contributed by atoms with E-state index >= 15 is 0 Å². The van der Waals surface area contributed by atoms with Crippen LogP contribution in [0.3, 0.4) is 0 Å². The Labute approximate surface area is 92.4 Å². The van der Waals surface area contributed by atoms with Crippen LogP contribution in [0.4, 0.5) is 0 Å². The second-order valence-electron chi connectivity index (χ2n) is 3.95. The molecule has 1 atom stereocenters. The minimum Gasteiger partial charge on any atom is -0.372 e. The zero-order valence-electron chi connectivity index (χ0n) is 10.1. The van der Waals surface area contributed by atoms with Gasteiger partial charge in [-0.05, 0) is 25.8 Å². The van der Waals surface area contributed by atoms with Crippen LogP contribution in [0.1, 0.15) is 45.7 Å². The number of nitrogens with zero attached hydrogens (tertiary/aromatic N) is 2. The predicted molar refractivity (Wildman–Crippen MR) is 61.7 cm³/mol. The van der Waals surface area contributed by atoms with E-state index in [4.69, 9.17) is 4.74 Å². The average Bonchev–Trinajstić information content (AvgIpc) is 2.71. The van der Waals surface area contributed by atoms with Crippen LogP contribution in [-0.4, -0.2) is 15.9 Å². The molecule has 1 aromatic heterocycles. The fourth-order valence-electron chi connectivity index (χ4n) is 1.27. The molecule has 0 aliphatic heterocycles. The van der Waals surface area contributed by atoms with E-state index < -0.39 is 0 Å². The molecule has 1 aromatic rings. The number of hydrogen-bond donors (Lipinski definition) is 0. The van der Waals surface area contributed by atoms with Crippen molar-refractivity contribution in [2.45, 2.75) is 59.3 Å². The van der Waals surface area contributed by atoms with Crippen LogP contribution in [0.15, 0.2) is 12.3 Å². The second-order valence-corrected chi connectivity index (χ2v) is 3.95. The summed E-state index contributed by atoms with van der Waals surface area (Å²) in [4.78, 5) is 0. The van der Waals surface area contributed by atoms with Crippen molar-refractivity contribution in [2.75, 3.05) is 0 Å². The topological polar surface area (TPSA) is 27.1 Å². The van der Waals surface area contributed by atoms with Gasteiger partial charge in [-0.25, -0.2) is 0 Å². The van der Waals surface area contributed by atoms with Crippen molar-refractivity contribution in [3.05, 3.63) is 18.0 Å². The number of aromatic nitrogens is 2. The van der Waals surface area contributed by atoms with E-state index in [9.17, 15) is 0 Å². The highest BCUT2D eigenvalue weighted by molar-refractivity contribution is 4.97. The molecule has 3 heteroatoms. The molecule has 0 aliphatic carbocycles. The lowest BCUT2D eigenvalue weighted by atomic mass is 10.3. The molecule has 86 valence electrons. The molecule has 1 heterocycles. The van der Waals surface area contributed by atoms with Crippen molar-refractivity contribution in [1.82, 2.24) is 9.78 Å². The lowest BCUT2D eigenvalue weighted by Crippen LogP contribution is -2.07. The lowest BCUT2D eigenvalue weighted by molar-refractivity contribution is 0.0486. The SMILES string of the molecule is CCCCn1ccc(COC(C)CC)n1. The summed E-state index contributed by atoms with van der Waals surface area (Å²) in [5.74, 6) is 0. The van der Waals surface area contributed by atoms with Gasteiger partial charge >= 0.3 is 0 Å². The Morgan fingerprint density at radius 3 is 2.93 bits per heavy atom. The summed E-state index contributed by atoms with van der Waals surface area (Å²) in [5.41, 5.74) is 1.03. The zero-order chi connectivity index (χ0) is 11.1. The van der Waals surface area contributed by atoms with Crippen molar-refractivity contribution in [2.24, 2.45) is 0 Å². The summed E-state index contributed by atoms with van der Waals surface area (Å²) in [6, 6.07) is 2.04. The molecule has 0 saturated heterocycles. The smallest absolute Gasteiger partial charge is 0.0910 e. The third kappa shape index (κ3) is 4.47. The molecule has 1 unspecified atom stereocenters. The Hall–Kier alpha value is -0.830. The first-order valence-corrected chi connectivity index (χ1v) is 5.90. The first-order valence-electron chi connectivity index (χ1n) is 5.90. The van der Waals surface area contributed by atoms with Gasteiger partial charge in [-0.15, -0.1) is 0 Å². The van der Waals surface area contributed by atoms with Gasteiger partial charge in [-0.2, -0.15) is 5.10 Å². The summed E-state index contributed by atoms with van der Waals surface area (Å²) in [5, 5.41) is 4.45. The van der Waals surface area contributed by atoms with E-state index in [1.807, 2.05) is 16.9 Å². The standard InChI is InChI=1S/C12H22N2O/c1-4-6-8-14-9-7-12(13-14)10-15-11(3)5-2/h7,9,11H,4-6,8,10H2,1-3H3. The van der Waals surface area contributed by atoms with Crippen LogP contribution < -0.4 is 0 Å². The van der Waals surface area contributed by atoms with Gasteiger partial charge in [0, 0.05) is 12.7 Å². The van der Waals surface area contributed by atoms with Crippen molar-refractivity contribution in [3.8, 4) is 0 Å². The molecule has 0 saturated carbocycles. The zero-order valence-corrected chi connectivity index (χ0v) is 10.1. The molecule has 0 fully saturated rings. The van der Waals surface area contributed by atoms with Gasteiger partial charge in [0.1, 0.15) is 0 Å². The molecule has 15 heavy (non-hydrogen) atoms. The monoisotopic (exact) mass is 210 g/mol. The summed E-state index contributed by atoms with van der Waals surface area (Å²) in [6.45, 7) is 8.06. The van der Waals surface area contributed by atoms with Crippen molar-refractivity contribution >= 4 is 0 Å². The molecule has 0 radical (unpaired) electrons. The van der Waals surface area contributed by atoms with Crippen molar-refractivity contribution < 1.29 is 4.74 Å². The Balaban J connectivity index is 2.32. The van der Waals surface area contributed by atoms with Gasteiger partial charge in [0.2, 0.25) is 0 Å². The predicted octanol–water partition coefficient (Wildman–Crippen LogP) is 3.00. The molecular weight excluding hydrogens is 188 g/mol. The number of ether oxygens (including phenoxy) is 1. The molecule has 0 aliphatic rings. The van der Waals surface area contributed by atoms with E-state index in [0.717, 1.165) is 18.7 Å². The fourth-order valence-corrected chi connectivity index (χ4v) is 1.27. The Morgan fingerprint density at radius 1 is 1.47 bits per heavy atom. The maximum absolute atomic E-state index is 5.62. The van der Waals surface area contributed by atoms with Crippen molar-refractivity contribution in [3.63, 3.8) is 0 Å². The Kier molecular flexibility index (Phi) is 5.40. The molecule has 0 aromatic carbocycles. The molecule has 0 spiro atoms. The summed E-state index contributed by atoms with van der Waals surface area (Å²) in [6.07, 6.45) is 5.80. The van der Waals surface area contributed by atoms with Gasteiger partial charge in [0.15, 0.2) is 0 Å². The number of unbranched alkanes of at least 4 members (excludes halogenated alkanes) is 1. The van der Waals surface area contributed by atoms with Crippen LogP contribution in [0.25, 0.3) is 0 Å². The minimum absolute atomic E-state index is 0.325. The second kappa shape index (κ2) is 6.62. The number of aryl methyl sites for hydroxylation is 1. The molecule has 3 nitrogen and oxygen atoms in total. The largest absolute Gasteiger partial charge is 0.372 e. The van der Waals surface area contributed by atoms with Crippen LogP contribution in [-0.2, 0) is 17.9 Å². The summed E-state index contributed by atoms with van der Waals surface area (Å²) < 4.78 is 7.62. The van der Waals surface area contributed by atoms with E-state index in [-0.39, 0.29) is 0 Å². The van der Waals surface area contributed by atoms with Gasteiger partial charge in [-0.3, -0.25) is 4.68 Å². The fraction of sp³-hybridized carbons (Fsp3) is 0.750. The Morgan fingerprint density at radius 2 is 2.27 bits per heavy atom. The third-order valence-electron chi connectivity index (χ3n) is 2.53. The lowest BCUT2D eigenvalue weighted by Gasteiger charge is -2.08. The van der Waals surface area contributed by atoms with E-state index in [1.54, 1.807) is 0 Å². The molecule has 0 N–H and O–H groups in total. The maximum atomic E-state index is 5.62. The maximum Gasteiger partial charge on any atom is 0.0910 e. The Bertz CT molecular complexity index is 270. The summed E-state index contributed by atoms with van der Waals surface area (Å²) in [7, 11) is 0. The molecule has 0 amide bonds. The van der Waals surface area contributed by atoms with Gasteiger partial charge in [0.05, 0.1) is 18.4 Å². The number of rotatable bonds is 7. The summed E-state index contributed by atoms with van der Waals surface area (Å²) >= 11 is 0. The van der Waals surface area contributed by atoms with Crippen LogP contribution >= 0.6 is 0 Å². The first kappa shape index (κ1) is 12.2. The highest BCUT2D eigenvalue weighted by Gasteiger charge is 2.02. The van der Waals surface area contributed by atoms with E-state index in [1.165, 1.54) is 12.8 Å². The normalized spacial score (nSPS) is 13.0. The van der Waals surface area contributed by atoms with Gasteiger partial charge in [0.25, 0.3) is 0 Å². The third-order valence-corrected chi connectivity index (χ3v) is 2.53. The molecule has 0 bridgehead atoms. The van der Waals surface area contributed by atoms with Crippen LogP contribution in [0, 0.1) is 0 Å². The van der Waals surface area contributed by atoms with Gasteiger partial charge < -0.3 is 4.74 Å². The van der Waals surface area contributed by atoms with Crippen LogP contribution in [0.5, 0.6) is 0 Å². The molecular formula is C12H22N2O. The highest BCUT2D eigenvalue weighted by Crippen LogP contribution is 2.04. The average molecular weight is 210 g/mol. The van der Waals surface area contributed by atoms with E-state index in [0.29, 0.717) is 12.7 Å².